The number of nitrogens with zero attached hydrogens (tertiary/aromatic N) is 1. The number of aromatic nitrogens is 1. The van der Waals surface area contributed by atoms with Crippen LogP contribution >= 0.6 is 11.8 Å². The molecule has 2 N–H and O–H groups in total. The fourth-order valence-corrected chi connectivity index (χ4v) is 1.81. The summed E-state index contributed by atoms with van der Waals surface area (Å²) in [5, 5.41) is 11.5. The van der Waals surface area contributed by atoms with E-state index in [9.17, 15) is 9.59 Å². The molecule has 1 unspecified atom stereocenters. The quantitative estimate of drug-likeness (QED) is 0.813. The van der Waals surface area contributed by atoms with Crippen molar-refractivity contribution >= 4 is 23.6 Å². The Bertz CT molecular complexity index is 420. The molecule has 6 heteroatoms. The first kappa shape index (κ1) is 14.5. The number of amides is 1. The molecule has 1 heterocycles. The molecule has 0 radical (unpaired) electrons. The molecule has 0 saturated carbocycles. The normalized spacial score (nSPS) is 11.9. The van der Waals surface area contributed by atoms with E-state index in [2.05, 4.69) is 10.3 Å². The minimum absolute atomic E-state index is 0.371. The summed E-state index contributed by atoms with van der Waals surface area (Å²) < 4.78 is 0. The highest BCUT2D eigenvalue weighted by Gasteiger charge is 2.20. The third kappa shape index (κ3) is 4.37. The predicted octanol–water partition coefficient (Wildman–Crippen LogP) is 1.33. The first-order valence-electron chi connectivity index (χ1n) is 5.50. The molecule has 1 atom stereocenters. The van der Waals surface area contributed by atoms with Gasteiger partial charge in [0.25, 0.3) is 5.91 Å². The highest BCUT2D eigenvalue weighted by molar-refractivity contribution is 7.98. The fourth-order valence-electron chi connectivity index (χ4n) is 1.34. The Morgan fingerprint density at radius 2 is 2.22 bits per heavy atom. The van der Waals surface area contributed by atoms with Gasteiger partial charge in [-0.3, -0.25) is 9.78 Å². The first-order chi connectivity index (χ1) is 8.54. The topological polar surface area (TPSA) is 79.3 Å². The third-order valence-corrected chi connectivity index (χ3v) is 3.03. The fraction of sp³-hybridized carbons (Fsp3) is 0.417. The summed E-state index contributed by atoms with van der Waals surface area (Å²) >= 11 is 1.55. The van der Waals surface area contributed by atoms with Crippen LogP contribution in [0.2, 0.25) is 0 Å². The highest BCUT2D eigenvalue weighted by Crippen LogP contribution is 2.04. The summed E-state index contributed by atoms with van der Waals surface area (Å²) in [6, 6.07) is 2.49. The number of aliphatic carboxylic acids is 1. The Kier molecular flexibility index (Phi) is 5.64. The van der Waals surface area contributed by atoms with Crippen LogP contribution < -0.4 is 5.32 Å². The van der Waals surface area contributed by atoms with Gasteiger partial charge in [0.1, 0.15) is 6.04 Å². The molecule has 0 spiro atoms. The van der Waals surface area contributed by atoms with Gasteiger partial charge in [0, 0.05) is 11.9 Å². The van der Waals surface area contributed by atoms with Gasteiger partial charge in [-0.15, -0.1) is 0 Å². The molecule has 1 aromatic rings. The molecule has 0 aliphatic rings. The van der Waals surface area contributed by atoms with Crippen LogP contribution in [0.1, 0.15) is 22.5 Å². The molecular weight excluding hydrogens is 252 g/mol. The molecule has 1 amide bonds. The molecule has 0 aliphatic carbocycles. The van der Waals surface area contributed by atoms with Crippen LogP contribution in [0.25, 0.3) is 0 Å². The Hall–Kier alpha value is -1.56. The van der Waals surface area contributed by atoms with Gasteiger partial charge in [-0.25, -0.2) is 4.79 Å². The van der Waals surface area contributed by atoms with Crippen LogP contribution in [0.5, 0.6) is 0 Å². The van der Waals surface area contributed by atoms with E-state index >= 15 is 0 Å². The molecular formula is C12H16N2O3S. The molecule has 18 heavy (non-hydrogen) atoms. The number of aryl methyl sites for hydroxylation is 1. The minimum atomic E-state index is -1.02. The largest absolute Gasteiger partial charge is 0.480 e. The van der Waals surface area contributed by atoms with Crippen molar-refractivity contribution in [2.45, 2.75) is 19.4 Å². The molecule has 0 fully saturated rings. The van der Waals surface area contributed by atoms with E-state index in [1.165, 1.54) is 6.20 Å². The lowest BCUT2D eigenvalue weighted by atomic mass is 10.2. The molecule has 0 bridgehead atoms. The number of thioether (sulfide) groups is 1. The summed E-state index contributed by atoms with van der Waals surface area (Å²) in [4.78, 5) is 26.8. The number of hydrogen-bond donors (Lipinski definition) is 2. The van der Waals surface area contributed by atoms with Gasteiger partial charge >= 0.3 is 5.97 Å². The SMILES string of the molecule is CSCCC(NC(=O)c1ccc(C)nc1)C(=O)O. The number of pyridine rings is 1. The molecule has 5 nitrogen and oxygen atoms in total. The van der Waals surface area contributed by atoms with Crippen LogP contribution in [-0.4, -0.2) is 40.0 Å². The second-order valence-electron chi connectivity index (χ2n) is 3.83. The standard InChI is InChI=1S/C12H16N2O3S/c1-8-3-4-9(7-13-8)11(15)14-10(12(16)17)5-6-18-2/h3-4,7,10H,5-6H2,1-2H3,(H,14,15)(H,16,17). The summed E-state index contributed by atoms with van der Waals surface area (Å²) in [6.07, 6.45) is 3.74. The van der Waals surface area contributed by atoms with Gasteiger partial charge in [-0.1, -0.05) is 0 Å². The minimum Gasteiger partial charge on any atom is -0.480 e. The van der Waals surface area contributed by atoms with Crippen molar-refractivity contribution in [2.24, 2.45) is 0 Å². The molecule has 1 rings (SSSR count). The Labute approximate surface area is 110 Å². The van der Waals surface area contributed by atoms with E-state index < -0.39 is 17.9 Å². The maximum atomic E-state index is 11.8. The van der Waals surface area contributed by atoms with E-state index in [4.69, 9.17) is 5.11 Å². The van der Waals surface area contributed by atoms with Gasteiger partial charge in [0.2, 0.25) is 0 Å². The van der Waals surface area contributed by atoms with Crippen molar-refractivity contribution < 1.29 is 14.7 Å². The first-order valence-corrected chi connectivity index (χ1v) is 6.89. The second-order valence-corrected chi connectivity index (χ2v) is 4.82. The predicted molar refractivity (Wildman–Crippen MR) is 70.9 cm³/mol. The van der Waals surface area contributed by atoms with Crippen LogP contribution in [-0.2, 0) is 4.79 Å². The van der Waals surface area contributed by atoms with E-state index in [0.29, 0.717) is 17.7 Å². The van der Waals surface area contributed by atoms with Crippen LogP contribution in [0, 0.1) is 6.92 Å². The van der Waals surface area contributed by atoms with Gasteiger partial charge in [-0.2, -0.15) is 11.8 Å². The van der Waals surface area contributed by atoms with Gasteiger partial charge in [0.05, 0.1) is 5.56 Å². The van der Waals surface area contributed by atoms with Crippen molar-refractivity contribution in [3.8, 4) is 0 Å². The van der Waals surface area contributed by atoms with Gasteiger partial charge < -0.3 is 10.4 Å². The summed E-state index contributed by atoms with van der Waals surface area (Å²) in [6.45, 7) is 1.82. The van der Waals surface area contributed by atoms with E-state index in [-0.39, 0.29) is 0 Å². The maximum Gasteiger partial charge on any atom is 0.326 e. The highest BCUT2D eigenvalue weighted by atomic mass is 32.2. The van der Waals surface area contributed by atoms with Gasteiger partial charge in [-0.05, 0) is 37.5 Å². The van der Waals surface area contributed by atoms with E-state index in [1.807, 2.05) is 13.2 Å². The zero-order valence-corrected chi connectivity index (χ0v) is 11.2. The number of carbonyl (C=O) groups excluding carboxylic acids is 1. The Morgan fingerprint density at radius 1 is 1.50 bits per heavy atom. The number of rotatable bonds is 6. The smallest absolute Gasteiger partial charge is 0.326 e. The number of hydrogen-bond acceptors (Lipinski definition) is 4. The number of nitrogens with one attached hydrogen (secondary N) is 1. The van der Waals surface area contributed by atoms with Crippen molar-refractivity contribution in [3.05, 3.63) is 29.6 Å². The average molecular weight is 268 g/mol. The zero-order valence-electron chi connectivity index (χ0n) is 10.3. The molecule has 0 aliphatic heterocycles. The van der Waals surface area contributed by atoms with Crippen LogP contribution in [0.15, 0.2) is 18.3 Å². The van der Waals surface area contributed by atoms with E-state index in [1.54, 1.807) is 23.9 Å². The van der Waals surface area contributed by atoms with Crippen molar-refractivity contribution in [1.82, 2.24) is 10.3 Å². The molecule has 1 aromatic heterocycles. The molecule has 0 saturated heterocycles. The number of carbonyl (C=O) groups is 2. The van der Waals surface area contributed by atoms with Crippen molar-refractivity contribution in [3.63, 3.8) is 0 Å². The lowest BCUT2D eigenvalue weighted by Gasteiger charge is -2.13. The second kappa shape index (κ2) is 7.00. The maximum absolute atomic E-state index is 11.8. The molecule has 98 valence electrons. The Morgan fingerprint density at radius 3 is 2.72 bits per heavy atom. The van der Waals surface area contributed by atoms with E-state index in [0.717, 1.165) is 5.69 Å². The average Bonchev–Trinajstić information content (AvgIpc) is 2.34. The van der Waals surface area contributed by atoms with Crippen molar-refractivity contribution in [2.75, 3.05) is 12.0 Å². The van der Waals surface area contributed by atoms with Gasteiger partial charge in [0.15, 0.2) is 0 Å². The van der Waals surface area contributed by atoms with Crippen LogP contribution in [0.4, 0.5) is 0 Å². The third-order valence-electron chi connectivity index (χ3n) is 2.39. The summed E-state index contributed by atoms with van der Waals surface area (Å²) in [5.41, 5.74) is 1.18. The zero-order chi connectivity index (χ0) is 13.5. The van der Waals surface area contributed by atoms with Crippen molar-refractivity contribution in [1.29, 1.82) is 0 Å². The molecule has 0 aromatic carbocycles. The lowest BCUT2D eigenvalue weighted by Crippen LogP contribution is -2.41. The lowest BCUT2D eigenvalue weighted by molar-refractivity contribution is -0.139. The monoisotopic (exact) mass is 268 g/mol. The number of carboxylic acids is 1. The summed E-state index contributed by atoms with van der Waals surface area (Å²) in [5.74, 6) is -0.739. The summed E-state index contributed by atoms with van der Waals surface area (Å²) in [7, 11) is 0. The number of carboxylic acid groups (broad SMARTS) is 1. The van der Waals surface area contributed by atoms with Crippen LogP contribution in [0.3, 0.4) is 0 Å². The Balaban J connectivity index is 2.66.